The van der Waals surface area contributed by atoms with Crippen LogP contribution in [0.1, 0.15) is 11.4 Å². The summed E-state index contributed by atoms with van der Waals surface area (Å²) < 4.78 is 1.70. The Morgan fingerprint density at radius 1 is 1.00 bits per heavy atom. The van der Waals surface area contributed by atoms with Crippen molar-refractivity contribution in [2.24, 2.45) is 0 Å². The summed E-state index contributed by atoms with van der Waals surface area (Å²) in [6.07, 6.45) is 1.64. The predicted octanol–water partition coefficient (Wildman–Crippen LogP) is 1.92. The van der Waals surface area contributed by atoms with Gasteiger partial charge in [0.1, 0.15) is 11.4 Å². The van der Waals surface area contributed by atoms with E-state index >= 15 is 0 Å². The second-order valence-electron chi connectivity index (χ2n) is 4.49. The molecule has 2 aromatic heterocycles. The van der Waals surface area contributed by atoms with Crippen molar-refractivity contribution in [2.75, 3.05) is 5.73 Å². The number of nitrogens with zero attached hydrogens (tertiary/aromatic N) is 5. The lowest BCUT2D eigenvalue weighted by Gasteiger charge is -2.09. The molecule has 1 aromatic carbocycles. The molecule has 20 heavy (non-hydrogen) atoms. The van der Waals surface area contributed by atoms with Crippen molar-refractivity contribution in [1.82, 2.24) is 25.0 Å². The van der Waals surface area contributed by atoms with E-state index in [1.165, 1.54) is 0 Å². The molecule has 6 heteroatoms. The molecule has 0 radical (unpaired) electrons. The van der Waals surface area contributed by atoms with Gasteiger partial charge >= 0.3 is 0 Å². The first-order chi connectivity index (χ1) is 9.66. The molecule has 0 fully saturated rings. The summed E-state index contributed by atoms with van der Waals surface area (Å²) in [5.41, 5.74) is 9.88. The number of para-hydroxylation sites is 1. The first-order valence-corrected chi connectivity index (χ1v) is 6.24. The quantitative estimate of drug-likeness (QED) is 0.766. The zero-order valence-corrected chi connectivity index (χ0v) is 11.3. The number of rotatable bonds is 2. The summed E-state index contributed by atoms with van der Waals surface area (Å²) in [5.74, 6) is 0.382. The van der Waals surface area contributed by atoms with Crippen LogP contribution in [0.3, 0.4) is 0 Å². The molecular weight excluding hydrogens is 252 g/mol. The third-order valence-corrected chi connectivity index (χ3v) is 3.13. The van der Waals surface area contributed by atoms with Crippen LogP contribution in [-0.2, 0) is 0 Å². The summed E-state index contributed by atoms with van der Waals surface area (Å²) >= 11 is 0. The van der Waals surface area contributed by atoms with Crippen LogP contribution in [0.5, 0.6) is 0 Å². The lowest BCUT2D eigenvalue weighted by molar-refractivity contribution is 0.805. The molecule has 3 aromatic rings. The Morgan fingerprint density at radius 2 is 1.70 bits per heavy atom. The maximum absolute atomic E-state index is 5.99. The number of hydrogen-bond donors (Lipinski definition) is 1. The SMILES string of the molecule is Cc1nc(N)c(-c2cnnn2-c2ccccc2)nc1C. The van der Waals surface area contributed by atoms with Gasteiger partial charge in [-0.1, -0.05) is 23.4 Å². The second-order valence-corrected chi connectivity index (χ2v) is 4.49. The zero-order chi connectivity index (χ0) is 14.1. The lowest BCUT2D eigenvalue weighted by Crippen LogP contribution is -2.06. The highest BCUT2D eigenvalue weighted by atomic mass is 15.4. The van der Waals surface area contributed by atoms with Crippen LogP contribution >= 0.6 is 0 Å². The highest BCUT2D eigenvalue weighted by Crippen LogP contribution is 2.24. The van der Waals surface area contributed by atoms with Crippen LogP contribution < -0.4 is 5.73 Å². The van der Waals surface area contributed by atoms with E-state index in [2.05, 4.69) is 20.3 Å². The molecule has 0 saturated carbocycles. The van der Waals surface area contributed by atoms with Crippen molar-refractivity contribution in [3.63, 3.8) is 0 Å². The topological polar surface area (TPSA) is 82.5 Å². The summed E-state index contributed by atoms with van der Waals surface area (Å²) in [5, 5.41) is 8.06. The highest BCUT2D eigenvalue weighted by molar-refractivity contribution is 5.68. The minimum atomic E-state index is 0.382. The van der Waals surface area contributed by atoms with E-state index in [9.17, 15) is 0 Å². The van der Waals surface area contributed by atoms with E-state index in [1.807, 2.05) is 44.2 Å². The van der Waals surface area contributed by atoms with E-state index < -0.39 is 0 Å². The van der Waals surface area contributed by atoms with Gasteiger partial charge in [0.25, 0.3) is 0 Å². The molecule has 0 aliphatic carbocycles. The van der Waals surface area contributed by atoms with Gasteiger partial charge < -0.3 is 5.73 Å². The fraction of sp³-hybridized carbons (Fsp3) is 0.143. The number of anilines is 1. The minimum absolute atomic E-state index is 0.382. The van der Waals surface area contributed by atoms with Gasteiger partial charge in [-0.05, 0) is 26.0 Å². The molecule has 0 bridgehead atoms. The number of hydrogen-bond acceptors (Lipinski definition) is 5. The standard InChI is InChI=1S/C14H14N6/c1-9-10(2)18-14(15)13(17-9)12-8-16-19-20(12)11-6-4-3-5-7-11/h3-8H,1-2H3,(H2,15,18). The van der Waals surface area contributed by atoms with Gasteiger partial charge in [0.2, 0.25) is 0 Å². The Bertz CT molecular complexity index is 748. The van der Waals surface area contributed by atoms with Crippen molar-refractivity contribution >= 4 is 5.82 Å². The molecule has 6 nitrogen and oxygen atoms in total. The molecule has 3 rings (SSSR count). The number of aryl methyl sites for hydroxylation is 2. The lowest BCUT2D eigenvalue weighted by atomic mass is 10.2. The Labute approximate surface area is 116 Å². The number of aromatic nitrogens is 5. The first kappa shape index (κ1) is 12.3. The monoisotopic (exact) mass is 266 g/mol. The predicted molar refractivity (Wildman–Crippen MR) is 76.3 cm³/mol. The first-order valence-electron chi connectivity index (χ1n) is 6.24. The van der Waals surface area contributed by atoms with Gasteiger partial charge in [0.15, 0.2) is 5.82 Å². The van der Waals surface area contributed by atoms with Crippen molar-refractivity contribution in [1.29, 1.82) is 0 Å². The molecule has 0 spiro atoms. The van der Waals surface area contributed by atoms with Crippen LogP contribution in [0.4, 0.5) is 5.82 Å². The minimum Gasteiger partial charge on any atom is -0.382 e. The number of nitrogens with two attached hydrogens (primary N) is 1. The molecule has 100 valence electrons. The van der Waals surface area contributed by atoms with Crippen LogP contribution in [0.25, 0.3) is 17.1 Å². The third-order valence-electron chi connectivity index (χ3n) is 3.13. The van der Waals surface area contributed by atoms with E-state index in [1.54, 1.807) is 10.9 Å². The van der Waals surface area contributed by atoms with Crippen molar-refractivity contribution in [3.8, 4) is 17.1 Å². The van der Waals surface area contributed by atoms with Gasteiger partial charge in [0, 0.05) is 0 Å². The molecule has 0 unspecified atom stereocenters. The van der Waals surface area contributed by atoms with E-state index in [0.29, 0.717) is 11.5 Å². The van der Waals surface area contributed by atoms with Crippen molar-refractivity contribution in [3.05, 3.63) is 47.9 Å². The molecule has 0 aliphatic rings. The van der Waals surface area contributed by atoms with E-state index in [0.717, 1.165) is 22.8 Å². The zero-order valence-electron chi connectivity index (χ0n) is 11.3. The normalized spacial score (nSPS) is 10.7. The maximum Gasteiger partial charge on any atom is 0.152 e. The molecule has 2 heterocycles. The second kappa shape index (κ2) is 4.73. The molecule has 2 N–H and O–H groups in total. The average Bonchev–Trinajstić information content (AvgIpc) is 2.93. The summed E-state index contributed by atoms with van der Waals surface area (Å²) in [4.78, 5) is 8.82. The molecule has 0 amide bonds. The smallest absolute Gasteiger partial charge is 0.152 e. The Kier molecular flexibility index (Phi) is 2.90. The van der Waals surface area contributed by atoms with Gasteiger partial charge in [-0.15, -0.1) is 5.10 Å². The van der Waals surface area contributed by atoms with Crippen molar-refractivity contribution in [2.45, 2.75) is 13.8 Å². The fourth-order valence-electron chi connectivity index (χ4n) is 1.97. The number of nitrogen functional groups attached to an aromatic ring is 1. The fourth-order valence-corrected chi connectivity index (χ4v) is 1.97. The highest BCUT2D eigenvalue weighted by Gasteiger charge is 2.15. The Hall–Kier alpha value is -2.76. The molecule has 0 saturated heterocycles. The Morgan fingerprint density at radius 3 is 2.45 bits per heavy atom. The Balaban J connectivity index is 2.18. The average molecular weight is 266 g/mol. The van der Waals surface area contributed by atoms with Crippen LogP contribution in [0.2, 0.25) is 0 Å². The summed E-state index contributed by atoms with van der Waals surface area (Å²) in [6, 6.07) is 9.72. The largest absolute Gasteiger partial charge is 0.382 e. The summed E-state index contributed by atoms with van der Waals surface area (Å²) in [6.45, 7) is 3.79. The van der Waals surface area contributed by atoms with Gasteiger partial charge in [-0.2, -0.15) is 0 Å². The summed E-state index contributed by atoms with van der Waals surface area (Å²) in [7, 11) is 0. The molecular formula is C14H14N6. The molecule has 0 aliphatic heterocycles. The van der Waals surface area contributed by atoms with Crippen LogP contribution in [0.15, 0.2) is 36.5 Å². The van der Waals surface area contributed by atoms with Crippen LogP contribution in [0, 0.1) is 13.8 Å². The van der Waals surface area contributed by atoms with Crippen LogP contribution in [-0.4, -0.2) is 25.0 Å². The third kappa shape index (κ3) is 2.01. The van der Waals surface area contributed by atoms with Gasteiger partial charge in [-0.3, -0.25) is 0 Å². The van der Waals surface area contributed by atoms with E-state index in [-0.39, 0.29) is 0 Å². The van der Waals surface area contributed by atoms with Crippen molar-refractivity contribution < 1.29 is 0 Å². The molecule has 0 atom stereocenters. The van der Waals surface area contributed by atoms with Gasteiger partial charge in [-0.25, -0.2) is 14.6 Å². The maximum atomic E-state index is 5.99. The number of benzene rings is 1. The van der Waals surface area contributed by atoms with Gasteiger partial charge in [0.05, 0.1) is 23.3 Å². The van der Waals surface area contributed by atoms with E-state index in [4.69, 9.17) is 5.73 Å².